The van der Waals surface area contributed by atoms with Crippen LogP contribution in [0.25, 0.3) is 11.3 Å². The van der Waals surface area contributed by atoms with Gasteiger partial charge in [-0.1, -0.05) is 12.1 Å². The zero-order valence-electron chi connectivity index (χ0n) is 15.3. The molecule has 0 spiro atoms. The molecule has 1 N–H and O–H groups in total. The van der Waals surface area contributed by atoms with Crippen LogP contribution in [0.15, 0.2) is 36.7 Å². The molecule has 0 saturated carbocycles. The molecule has 1 aromatic carbocycles. The molecule has 2 heterocycles. The Morgan fingerprint density at radius 1 is 1.26 bits per heavy atom. The van der Waals surface area contributed by atoms with E-state index in [0.29, 0.717) is 29.3 Å². The summed E-state index contributed by atoms with van der Waals surface area (Å²) in [6, 6.07) is 7.08. The Morgan fingerprint density at radius 2 is 2.04 bits per heavy atom. The van der Waals surface area contributed by atoms with Crippen LogP contribution in [0, 0.1) is 5.92 Å². The number of nitrogens with zero attached hydrogens (tertiary/aromatic N) is 3. The lowest BCUT2D eigenvalue weighted by molar-refractivity contribution is 0.0467. The van der Waals surface area contributed by atoms with Gasteiger partial charge in [0.25, 0.3) is 5.91 Å². The molecule has 142 valence electrons. The number of amides is 1. The molecule has 1 aliphatic heterocycles. The summed E-state index contributed by atoms with van der Waals surface area (Å²) in [5, 5.41) is 9.09. The molecular weight excluding hydrogens is 346 g/mol. The van der Waals surface area contributed by atoms with Crippen LogP contribution in [-0.4, -0.2) is 58.2 Å². The second kappa shape index (κ2) is 8.73. The number of aromatic carboxylic acids is 1. The van der Waals surface area contributed by atoms with E-state index in [1.807, 2.05) is 11.8 Å². The number of hydrogen-bond acceptors (Lipinski definition) is 5. The van der Waals surface area contributed by atoms with Crippen LogP contribution < -0.4 is 0 Å². The summed E-state index contributed by atoms with van der Waals surface area (Å²) < 4.78 is 5.39. The van der Waals surface area contributed by atoms with Gasteiger partial charge in [-0.3, -0.25) is 9.78 Å². The van der Waals surface area contributed by atoms with E-state index in [2.05, 4.69) is 9.97 Å². The van der Waals surface area contributed by atoms with E-state index in [9.17, 15) is 9.59 Å². The van der Waals surface area contributed by atoms with Crippen molar-refractivity contribution in [2.45, 2.75) is 19.8 Å². The smallest absolute Gasteiger partial charge is 0.356 e. The molecule has 0 aliphatic carbocycles. The van der Waals surface area contributed by atoms with Gasteiger partial charge in [-0.25, -0.2) is 9.78 Å². The van der Waals surface area contributed by atoms with Crippen molar-refractivity contribution in [3.05, 3.63) is 47.9 Å². The van der Waals surface area contributed by atoms with Gasteiger partial charge >= 0.3 is 5.97 Å². The first-order valence-corrected chi connectivity index (χ1v) is 9.11. The molecule has 0 unspecified atom stereocenters. The Labute approximate surface area is 158 Å². The largest absolute Gasteiger partial charge is 0.476 e. The van der Waals surface area contributed by atoms with Gasteiger partial charge < -0.3 is 14.7 Å². The van der Waals surface area contributed by atoms with Crippen molar-refractivity contribution in [1.29, 1.82) is 0 Å². The van der Waals surface area contributed by atoms with E-state index in [1.54, 1.807) is 24.3 Å². The normalized spacial score (nSPS) is 14.7. The van der Waals surface area contributed by atoms with E-state index >= 15 is 0 Å². The minimum Gasteiger partial charge on any atom is -0.476 e. The number of ether oxygens (including phenoxy) is 1. The fourth-order valence-electron chi connectivity index (χ4n) is 3.20. The molecule has 2 aromatic rings. The highest BCUT2D eigenvalue weighted by Crippen LogP contribution is 2.21. The average molecular weight is 369 g/mol. The van der Waals surface area contributed by atoms with Crippen LogP contribution in [0.5, 0.6) is 0 Å². The zero-order valence-corrected chi connectivity index (χ0v) is 15.3. The second-order valence-electron chi connectivity index (χ2n) is 6.58. The van der Waals surface area contributed by atoms with E-state index in [0.717, 1.165) is 32.6 Å². The first-order valence-electron chi connectivity index (χ1n) is 9.11. The molecule has 1 aromatic heterocycles. The maximum atomic E-state index is 13.0. The lowest BCUT2D eigenvalue weighted by Gasteiger charge is -2.29. The summed E-state index contributed by atoms with van der Waals surface area (Å²) in [6.07, 6.45) is 4.64. The topological polar surface area (TPSA) is 92.6 Å². The van der Waals surface area contributed by atoms with Crippen LogP contribution in [0.2, 0.25) is 0 Å². The molecule has 3 rings (SSSR count). The summed E-state index contributed by atoms with van der Waals surface area (Å²) in [6.45, 7) is 4.84. The third-order valence-corrected chi connectivity index (χ3v) is 4.75. The lowest BCUT2D eigenvalue weighted by Crippen LogP contribution is -2.37. The monoisotopic (exact) mass is 369 g/mol. The Hall–Kier alpha value is -2.80. The minimum absolute atomic E-state index is 0.0341. The fraction of sp³-hybridized carbons (Fsp3) is 0.400. The Bertz CT molecular complexity index is 818. The summed E-state index contributed by atoms with van der Waals surface area (Å²) in [5.41, 5.74) is 1.53. The van der Waals surface area contributed by atoms with Crippen LogP contribution in [0.1, 0.15) is 40.6 Å². The van der Waals surface area contributed by atoms with Crippen LogP contribution in [0.3, 0.4) is 0 Å². The highest BCUT2D eigenvalue weighted by molar-refractivity contribution is 5.95. The van der Waals surface area contributed by atoms with Crippen molar-refractivity contribution in [2.75, 3.05) is 26.3 Å². The second-order valence-corrected chi connectivity index (χ2v) is 6.58. The van der Waals surface area contributed by atoms with Crippen LogP contribution in [-0.2, 0) is 4.74 Å². The lowest BCUT2D eigenvalue weighted by atomic mass is 9.99. The Kier molecular flexibility index (Phi) is 6.13. The molecule has 1 aliphatic rings. The molecular formula is C20H23N3O4. The van der Waals surface area contributed by atoms with Crippen molar-refractivity contribution in [3.8, 4) is 11.3 Å². The van der Waals surface area contributed by atoms with Crippen LogP contribution in [0.4, 0.5) is 0 Å². The van der Waals surface area contributed by atoms with E-state index < -0.39 is 5.97 Å². The maximum Gasteiger partial charge on any atom is 0.356 e. The number of carbonyl (C=O) groups is 2. The van der Waals surface area contributed by atoms with Gasteiger partial charge in [-0.15, -0.1) is 0 Å². The quantitative estimate of drug-likeness (QED) is 0.842. The predicted octanol–water partition coefficient (Wildman–Crippen LogP) is 2.73. The highest BCUT2D eigenvalue weighted by atomic mass is 16.5. The first-order chi connectivity index (χ1) is 13.1. The van der Waals surface area contributed by atoms with Gasteiger partial charge in [-0.2, -0.15) is 0 Å². The Morgan fingerprint density at radius 3 is 2.74 bits per heavy atom. The molecule has 0 bridgehead atoms. The number of aromatic nitrogens is 2. The van der Waals surface area contributed by atoms with Gasteiger partial charge in [0.15, 0.2) is 5.69 Å². The Balaban J connectivity index is 1.80. The zero-order chi connectivity index (χ0) is 19.2. The van der Waals surface area contributed by atoms with Crippen molar-refractivity contribution in [1.82, 2.24) is 14.9 Å². The van der Waals surface area contributed by atoms with Crippen LogP contribution >= 0.6 is 0 Å². The van der Waals surface area contributed by atoms with E-state index in [-0.39, 0.29) is 11.6 Å². The maximum absolute atomic E-state index is 13.0. The average Bonchev–Trinajstić information content (AvgIpc) is 2.72. The summed E-state index contributed by atoms with van der Waals surface area (Å²) in [7, 11) is 0. The van der Waals surface area contributed by atoms with Gasteiger partial charge in [0.05, 0.1) is 18.1 Å². The molecule has 1 amide bonds. The number of hydrogen-bond donors (Lipinski definition) is 1. The van der Waals surface area contributed by atoms with Gasteiger partial charge in [-0.05, 0) is 37.8 Å². The van der Waals surface area contributed by atoms with Crippen molar-refractivity contribution < 1.29 is 19.4 Å². The SMILES string of the molecule is CCN(CC1CCOCC1)C(=O)c1cccc(-c2cncc(C(=O)O)n2)c1. The summed E-state index contributed by atoms with van der Waals surface area (Å²) >= 11 is 0. The first kappa shape index (κ1) is 19.0. The van der Waals surface area contributed by atoms with E-state index in [4.69, 9.17) is 9.84 Å². The molecule has 0 radical (unpaired) electrons. The summed E-state index contributed by atoms with van der Waals surface area (Å²) in [4.78, 5) is 34.0. The van der Waals surface area contributed by atoms with Crippen molar-refractivity contribution in [3.63, 3.8) is 0 Å². The molecule has 27 heavy (non-hydrogen) atoms. The number of carboxylic acid groups (broad SMARTS) is 1. The number of rotatable bonds is 6. The number of carbonyl (C=O) groups excluding carboxylic acids is 1. The molecule has 1 fully saturated rings. The standard InChI is InChI=1S/C20H23N3O4/c1-2-23(13-14-6-8-27-9-7-14)19(24)16-5-3-4-15(10-16)17-11-21-12-18(22-17)20(25)26/h3-5,10-12,14H,2,6-9,13H2,1H3,(H,25,26). The van der Waals surface area contributed by atoms with Crippen molar-refractivity contribution in [2.24, 2.45) is 5.92 Å². The highest BCUT2D eigenvalue weighted by Gasteiger charge is 2.21. The fourth-order valence-corrected chi connectivity index (χ4v) is 3.20. The third kappa shape index (κ3) is 4.68. The molecule has 1 saturated heterocycles. The van der Waals surface area contributed by atoms with Crippen molar-refractivity contribution >= 4 is 11.9 Å². The molecule has 0 atom stereocenters. The van der Waals surface area contributed by atoms with E-state index in [1.165, 1.54) is 12.4 Å². The third-order valence-electron chi connectivity index (χ3n) is 4.75. The summed E-state index contributed by atoms with van der Waals surface area (Å²) in [5.74, 6) is -0.706. The molecule has 7 nitrogen and oxygen atoms in total. The number of benzene rings is 1. The molecule has 7 heteroatoms. The minimum atomic E-state index is -1.13. The van der Waals surface area contributed by atoms with Gasteiger partial charge in [0.1, 0.15) is 0 Å². The number of carboxylic acids is 1. The van der Waals surface area contributed by atoms with Gasteiger partial charge in [0.2, 0.25) is 0 Å². The predicted molar refractivity (Wildman–Crippen MR) is 99.5 cm³/mol. The van der Waals surface area contributed by atoms with Gasteiger partial charge in [0, 0.05) is 37.4 Å².